The summed E-state index contributed by atoms with van der Waals surface area (Å²) >= 11 is 0. The van der Waals surface area contributed by atoms with Crippen molar-refractivity contribution in [2.75, 3.05) is 0 Å². The van der Waals surface area contributed by atoms with Crippen molar-refractivity contribution >= 4 is 11.4 Å². The van der Waals surface area contributed by atoms with Gasteiger partial charge in [-0.15, -0.1) is 0 Å². The van der Waals surface area contributed by atoms with Gasteiger partial charge in [-0.2, -0.15) is 0 Å². The predicted octanol–water partition coefficient (Wildman–Crippen LogP) is 10.8. The van der Waals surface area contributed by atoms with E-state index in [1.165, 1.54) is 79.2 Å². The third-order valence-electron chi connectivity index (χ3n) is 6.97. The first-order valence-electron chi connectivity index (χ1n) is 13.8. The molecule has 0 N–H and O–H groups in total. The van der Waals surface area contributed by atoms with E-state index in [0.717, 1.165) is 48.2 Å². The molecule has 1 aliphatic heterocycles. The van der Waals surface area contributed by atoms with Crippen LogP contribution >= 0.6 is 0 Å². The molecule has 0 bridgehead atoms. The van der Waals surface area contributed by atoms with Gasteiger partial charge in [0.25, 0.3) is 0 Å². The van der Waals surface area contributed by atoms with Gasteiger partial charge in [0, 0.05) is 22.8 Å². The first kappa shape index (κ1) is 35.2. The molecule has 0 amide bonds. The molecule has 2 nitrogen and oxygen atoms in total. The fourth-order valence-corrected chi connectivity index (χ4v) is 4.83. The van der Waals surface area contributed by atoms with Gasteiger partial charge in [0.1, 0.15) is 0 Å². The van der Waals surface area contributed by atoms with E-state index in [1.54, 1.807) is 0 Å². The molecule has 2 aromatic rings. The van der Waals surface area contributed by atoms with E-state index < -0.39 is 0 Å². The molecule has 1 heterocycles. The third kappa shape index (κ3) is 10.5. The van der Waals surface area contributed by atoms with Crippen molar-refractivity contribution in [2.45, 2.75) is 104 Å². The number of allylic oxidation sites excluding steroid dienone is 2. The maximum absolute atomic E-state index is 11.3. The molecule has 2 aromatic carbocycles. The summed E-state index contributed by atoms with van der Waals surface area (Å²) in [5.74, 6) is 0. The Morgan fingerprint density at radius 2 is 1.00 bits per heavy atom. The molecule has 0 atom stereocenters. The van der Waals surface area contributed by atoms with Gasteiger partial charge in [0.05, 0.1) is 0 Å². The van der Waals surface area contributed by atoms with Gasteiger partial charge in [0.2, 0.25) is 11.4 Å². The minimum Gasteiger partial charge on any atom is -0.493 e. The SMILES string of the molecule is CCCCCCC1=C(c2ccc(CCCCC)cc2)[N+](=[N-])C(c2ccc(CCCCC)cc2)=C1.[CH3-].[CH3-].[Pd+2]. The van der Waals surface area contributed by atoms with E-state index in [0.29, 0.717) is 0 Å². The van der Waals surface area contributed by atoms with Gasteiger partial charge in [-0.3, -0.25) is 0 Å². The smallest absolute Gasteiger partial charge is 0.493 e. The molecule has 0 aromatic heterocycles. The van der Waals surface area contributed by atoms with Gasteiger partial charge in [-0.1, -0.05) is 90.0 Å². The Hall–Kier alpha value is -1.82. The zero-order valence-electron chi connectivity index (χ0n) is 24.1. The van der Waals surface area contributed by atoms with Gasteiger partial charge in [-0.05, 0) is 73.9 Å². The van der Waals surface area contributed by atoms with E-state index in [4.69, 9.17) is 0 Å². The Kier molecular flexibility index (Phi) is 18.3. The van der Waals surface area contributed by atoms with E-state index in [1.807, 2.05) is 0 Å². The third-order valence-corrected chi connectivity index (χ3v) is 6.97. The predicted molar refractivity (Wildman–Crippen MR) is 159 cm³/mol. The van der Waals surface area contributed by atoms with Crippen LogP contribution in [0.15, 0.2) is 60.2 Å². The summed E-state index contributed by atoms with van der Waals surface area (Å²) < 4.78 is 1.44. The average Bonchev–Trinajstić information content (AvgIpc) is 3.19. The number of hydrogen-bond acceptors (Lipinski definition) is 0. The van der Waals surface area contributed by atoms with E-state index in [9.17, 15) is 5.53 Å². The summed E-state index contributed by atoms with van der Waals surface area (Å²) in [5, 5.41) is 0. The summed E-state index contributed by atoms with van der Waals surface area (Å²) in [6, 6.07) is 17.7. The van der Waals surface area contributed by atoms with Crippen molar-refractivity contribution in [1.82, 2.24) is 0 Å². The monoisotopic (exact) mass is 592 g/mol. The number of rotatable bonds is 15. The van der Waals surface area contributed by atoms with Gasteiger partial charge < -0.3 is 20.4 Å². The summed E-state index contributed by atoms with van der Waals surface area (Å²) in [4.78, 5) is 0. The second-order valence-corrected chi connectivity index (χ2v) is 9.83. The Labute approximate surface area is 242 Å². The Morgan fingerprint density at radius 3 is 1.49 bits per heavy atom. The molecule has 0 saturated carbocycles. The molecule has 0 aliphatic carbocycles. The normalized spacial score (nSPS) is 12.5. The van der Waals surface area contributed by atoms with Crippen molar-refractivity contribution in [3.8, 4) is 0 Å². The second kappa shape index (κ2) is 19.3. The van der Waals surface area contributed by atoms with Crippen LogP contribution in [-0.2, 0) is 33.3 Å². The minimum atomic E-state index is 0. The number of hydrogen-bond donors (Lipinski definition) is 0. The fraction of sp³-hybridized carbons (Fsp3) is 0.471. The Balaban J connectivity index is 0.00000432. The van der Waals surface area contributed by atoms with Crippen molar-refractivity contribution in [3.05, 3.63) is 103 Å². The fourth-order valence-electron chi connectivity index (χ4n) is 4.83. The molecule has 0 spiro atoms. The van der Waals surface area contributed by atoms with E-state index in [-0.39, 0.29) is 35.3 Å². The number of benzene rings is 2. The Morgan fingerprint density at radius 1 is 0.568 bits per heavy atom. The van der Waals surface area contributed by atoms with Crippen LogP contribution in [0.3, 0.4) is 0 Å². The van der Waals surface area contributed by atoms with Gasteiger partial charge in [0.15, 0.2) is 0 Å². The van der Waals surface area contributed by atoms with E-state index >= 15 is 0 Å². The Bertz CT molecular complexity index is 968. The molecule has 3 rings (SSSR count). The zero-order valence-corrected chi connectivity index (χ0v) is 25.7. The molecule has 37 heavy (non-hydrogen) atoms. The maximum atomic E-state index is 11.3. The zero-order chi connectivity index (χ0) is 24.2. The van der Waals surface area contributed by atoms with Crippen LogP contribution in [0, 0.1) is 14.9 Å². The van der Waals surface area contributed by atoms with Crippen LogP contribution in [0.5, 0.6) is 0 Å². The van der Waals surface area contributed by atoms with E-state index in [2.05, 4.69) is 75.4 Å². The molecule has 0 radical (unpaired) electrons. The maximum Gasteiger partial charge on any atom is 2.00 e. The summed E-state index contributed by atoms with van der Waals surface area (Å²) in [5.41, 5.74) is 19.4. The standard InChI is InChI=1S/C32H44N2.2CH3.Pd/c1-4-7-10-13-16-30-25-31(28-21-17-26(18-22-28)14-11-8-5-2)34(33)32(30)29-23-19-27(20-24-29)15-12-9-6-3;;;/h17-25H,4-16H2,1-3H3;2*1H3;/q;2*-1;+2. The van der Waals surface area contributed by atoms with Crippen molar-refractivity contribution in [2.24, 2.45) is 0 Å². The van der Waals surface area contributed by atoms with Crippen LogP contribution in [0.25, 0.3) is 16.9 Å². The average molecular weight is 593 g/mol. The first-order chi connectivity index (χ1) is 16.7. The number of aryl methyl sites for hydroxylation is 2. The second-order valence-electron chi connectivity index (χ2n) is 9.83. The van der Waals surface area contributed by atoms with Gasteiger partial charge in [-0.25, -0.2) is 4.70 Å². The molecular formula is C34H50N2Pd. The first-order valence-corrected chi connectivity index (χ1v) is 13.8. The summed E-state index contributed by atoms with van der Waals surface area (Å²) in [6.45, 7) is 6.75. The van der Waals surface area contributed by atoms with Crippen LogP contribution in [0.4, 0.5) is 0 Å². The topological polar surface area (TPSA) is 25.3 Å². The molecule has 3 heteroatoms. The number of nitrogens with zero attached hydrogens (tertiary/aromatic N) is 2. The molecule has 1 aliphatic rings. The van der Waals surface area contributed by atoms with Crippen LogP contribution in [0.2, 0.25) is 0 Å². The van der Waals surface area contributed by atoms with Crippen molar-refractivity contribution < 1.29 is 25.1 Å². The molecule has 0 unspecified atom stereocenters. The van der Waals surface area contributed by atoms with Gasteiger partial charge >= 0.3 is 20.4 Å². The molecule has 0 fully saturated rings. The largest absolute Gasteiger partial charge is 2.00 e. The number of unbranched alkanes of at least 4 members (excludes halogenated alkanes) is 7. The van der Waals surface area contributed by atoms with Crippen molar-refractivity contribution in [1.29, 1.82) is 0 Å². The summed E-state index contributed by atoms with van der Waals surface area (Å²) in [7, 11) is 0. The van der Waals surface area contributed by atoms with Crippen LogP contribution in [0.1, 0.15) is 114 Å². The molecular weight excluding hydrogens is 543 g/mol. The molecule has 0 saturated heterocycles. The van der Waals surface area contributed by atoms with Crippen LogP contribution < -0.4 is 0 Å². The summed E-state index contributed by atoms with van der Waals surface area (Å²) in [6.07, 6.45) is 17.9. The van der Waals surface area contributed by atoms with Crippen molar-refractivity contribution in [3.63, 3.8) is 0 Å². The van der Waals surface area contributed by atoms with Crippen LogP contribution in [-0.4, -0.2) is 4.70 Å². The quantitative estimate of drug-likeness (QED) is 0.0850. The minimum absolute atomic E-state index is 0. The molecule has 206 valence electrons.